The van der Waals surface area contributed by atoms with E-state index in [-0.39, 0.29) is 5.75 Å². The summed E-state index contributed by atoms with van der Waals surface area (Å²) in [4.78, 5) is 0. The number of phenolic OH excluding ortho intramolecular Hbond substituents is 1. The third kappa shape index (κ3) is 4.86. The fourth-order valence-electron chi connectivity index (χ4n) is 2.33. The first kappa shape index (κ1) is 17.1. The van der Waals surface area contributed by atoms with Crippen LogP contribution in [0.2, 0.25) is 0 Å². The van der Waals surface area contributed by atoms with Crippen LogP contribution in [0.5, 0.6) is 5.75 Å². The zero-order chi connectivity index (χ0) is 16.7. The molecule has 2 aromatic rings. The van der Waals surface area contributed by atoms with Gasteiger partial charge in [0.1, 0.15) is 17.6 Å². The Balaban J connectivity index is 2.00. The van der Waals surface area contributed by atoms with Crippen molar-refractivity contribution in [1.29, 1.82) is 0 Å². The Kier molecular flexibility index (Phi) is 6.24. The molecule has 2 atom stereocenters. The maximum Gasteiger partial charge on any atom is 0.132 e. The number of aliphatic hydroxyl groups is 2. The third-order valence-electron chi connectivity index (χ3n) is 3.68. The van der Waals surface area contributed by atoms with Gasteiger partial charge < -0.3 is 19.7 Å². The Hall–Kier alpha value is -2.26. The fraction of sp³-hybridized carbons (Fsp3) is 0.316. The van der Waals surface area contributed by atoms with Crippen molar-refractivity contribution in [3.63, 3.8) is 0 Å². The third-order valence-corrected chi connectivity index (χ3v) is 3.68. The van der Waals surface area contributed by atoms with Gasteiger partial charge in [0.25, 0.3) is 0 Å². The van der Waals surface area contributed by atoms with Crippen LogP contribution in [-0.2, 0) is 0 Å². The van der Waals surface area contributed by atoms with Gasteiger partial charge in [-0.2, -0.15) is 0 Å². The monoisotopic (exact) mass is 314 g/mol. The second-order valence-electron chi connectivity index (χ2n) is 5.35. The van der Waals surface area contributed by atoms with E-state index in [0.29, 0.717) is 24.2 Å². The molecule has 0 aliphatic carbocycles. The summed E-state index contributed by atoms with van der Waals surface area (Å²) < 4.78 is 5.19. The van der Waals surface area contributed by atoms with Crippen LogP contribution in [0, 0.1) is 0 Å². The molecule has 122 valence electrons. The molecule has 0 amide bonds. The van der Waals surface area contributed by atoms with Crippen molar-refractivity contribution in [2.75, 3.05) is 0 Å². The predicted molar refractivity (Wildman–Crippen MR) is 87.9 cm³/mol. The summed E-state index contributed by atoms with van der Waals surface area (Å²) in [7, 11) is 0. The highest BCUT2D eigenvalue weighted by atomic mass is 16.4. The molecule has 0 radical (unpaired) electrons. The fourth-order valence-corrected chi connectivity index (χ4v) is 2.33. The maximum atomic E-state index is 10.1. The number of hydrogen-bond donors (Lipinski definition) is 3. The second-order valence-corrected chi connectivity index (χ2v) is 5.35. The van der Waals surface area contributed by atoms with Gasteiger partial charge in [0.2, 0.25) is 0 Å². The van der Waals surface area contributed by atoms with Crippen LogP contribution in [0.4, 0.5) is 0 Å². The lowest BCUT2D eigenvalue weighted by Crippen LogP contribution is -1.97. The average molecular weight is 314 g/mol. The molecule has 0 bridgehead atoms. The zero-order valence-corrected chi connectivity index (χ0v) is 13.1. The molecule has 4 heteroatoms. The van der Waals surface area contributed by atoms with E-state index in [2.05, 4.69) is 5.73 Å². The van der Waals surface area contributed by atoms with Crippen molar-refractivity contribution < 1.29 is 19.7 Å². The van der Waals surface area contributed by atoms with Crippen molar-refractivity contribution in [1.82, 2.24) is 0 Å². The van der Waals surface area contributed by atoms with Crippen LogP contribution in [0.3, 0.4) is 0 Å². The number of hydrogen-bond acceptors (Lipinski definition) is 4. The van der Waals surface area contributed by atoms with Crippen LogP contribution < -0.4 is 0 Å². The largest absolute Gasteiger partial charge is 0.508 e. The standard InChI is InChI=1S/C19H22O4/c1-2-14(13-18(22)19-11-6-12-23-19)7-5-10-17(21)15-8-3-4-9-16(15)20/h3-6,8-9,11-12,17-18,20-22H,2,10,13H2,1H3/t7?,17-,18-/m1/s1. The molecule has 0 aliphatic heterocycles. The first-order valence-electron chi connectivity index (χ1n) is 7.72. The molecule has 1 aromatic heterocycles. The van der Waals surface area contributed by atoms with E-state index in [0.717, 1.165) is 12.0 Å². The molecule has 1 heterocycles. The van der Waals surface area contributed by atoms with Crippen LogP contribution in [0.15, 0.2) is 64.5 Å². The lowest BCUT2D eigenvalue weighted by molar-refractivity contribution is 0.149. The molecule has 4 nitrogen and oxygen atoms in total. The normalized spacial score (nSPS) is 13.2. The lowest BCUT2D eigenvalue weighted by atomic mass is 10.0. The minimum absolute atomic E-state index is 0.0846. The molecular weight excluding hydrogens is 292 g/mol. The first-order chi connectivity index (χ1) is 11.1. The summed E-state index contributed by atoms with van der Waals surface area (Å²) >= 11 is 0. The van der Waals surface area contributed by atoms with Crippen molar-refractivity contribution in [2.45, 2.75) is 38.4 Å². The molecule has 23 heavy (non-hydrogen) atoms. The molecular formula is C19H22O4. The smallest absolute Gasteiger partial charge is 0.132 e. The minimum atomic E-state index is -0.781. The number of aliphatic hydroxyl groups excluding tert-OH is 2. The Morgan fingerprint density at radius 2 is 1.96 bits per heavy atom. The summed E-state index contributed by atoms with van der Waals surface area (Å²) in [5.74, 6) is 0.619. The SMILES string of the molecule is CCC(=C=CC[C@@H](O)c1ccccc1O)C[C@@H](O)c1ccco1. The Labute approximate surface area is 136 Å². The van der Waals surface area contributed by atoms with Crippen molar-refractivity contribution in [3.8, 4) is 5.75 Å². The molecule has 2 rings (SSSR count). The van der Waals surface area contributed by atoms with Crippen LogP contribution in [0.25, 0.3) is 0 Å². The summed E-state index contributed by atoms with van der Waals surface area (Å²) in [5, 5.41) is 29.9. The molecule has 0 saturated carbocycles. The van der Waals surface area contributed by atoms with Gasteiger partial charge >= 0.3 is 0 Å². The molecule has 0 unspecified atom stereocenters. The summed E-state index contributed by atoms with van der Waals surface area (Å²) in [6.45, 7) is 1.99. The topological polar surface area (TPSA) is 73.8 Å². The predicted octanol–water partition coefficient (Wildman–Crippen LogP) is 4.02. The number of furan rings is 1. The highest BCUT2D eigenvalue weighted by Gasteiger charge is 2.12. The van der Waals surface area contributed by atoms with E-state index in [1.807, 2.05) is 6.92 Å². The van der Waals surface area contributed by atoms with E-state index in [1.165, 1.54) is 6.26 Å². The highest BCUT2D eigenvalue weighted by Crippen LogP contribution is 2.26. The number of phenols is 1. The Morgan fingerprint density at radius 1 is 1.17 bits per heavy atom. The molecule has 0 aliphatic rings. The molecule has 0 fully saturated rings. The van der Waals surface area contributed by atoms with Gasteiger partial charge in [-0.25, -0.2) is 0 Å². The number of aromatic hydroxyl groups is 1. The van der Waals surface area contributed by atoms with Gasteiger partial charge in [-0.3, -0.25) is 0 Å². The Morgan fingerprint density at radius 3 is 2.61 bits per heavy atom. The molecule has 0 saturated heterocycles. The van der Waals surface area contributed by atoms with Gasteiger partial charge in [0.05, 0.1) is 12.4 Å². The number of para-hydroxylation sites is 1. The van der Waals surface area contributed by atoms with Crippen LogP contribution in [-0.4, -0.2) is 15.3 Å². The van der Waals surface area contributed by atoms with Crippen LogP contribution >= 0.6 is 0 Å². The highest BCUT2D eigenvalue weighted by molar-refractivity contribution is 5.33. The average Bonchev–Trinajstić information content (AvgIpc) is 3.08. The van der Waals surface area contributed by atoms with E-state index in [4.69, 9.17) is 4.42 Å². The maximum absolute atomic E-state index is 10.1. The number of benzene rings is 1. The van der Waals surface area contributed by atoms with Crippen molar-refractivity contribution in [3.05, 3.63) is 71.4 Å². The quantitative estimate of drug-likeness (QED) is 0.675. The van der Waals surface area contributed by atoms with E-state index >= 15 is 0 Å². The molecule has 0 spiro atoms. The van der Waals surface area contributed by atoms with E-state index in [9.17, 15) is 15.3 Å². The van der Waals surface area contributed by atoms with Crippen molar-refractivity contribution >= 4 is 0 Å². The summed E-state index contributed by atoms with van der Waals surface area (Å²) in [6, 6.07) is 10.2. The lowest BCUT2D eigenvalue weighted by Gasteiger charge is -2.10. The Bertz CT molecular complexity index is 666. The van der Waals surface area contributed by atoms with Gasteiger partial charge in [-0.1, -0.05) is 25.1 Å². The second kappa shape index (κ2) is 8.39. The van der Waals surface area contributed by atoms with E-state index in [1.54, 1.807) is 42.5 Å². The first-order valence-corrected chi connectivity index (χ1v) is 7.72. The van der Waals surface area contributed by atoms with Gasteiger partial charge in [-0.15, -0.1) is 5.73 Å². The van der Waals surface area contributed by atoms with E-state index < -0.39 is 12.2 Å². The van der Waals surface area contributed by atoms with Crippen molar-refractivity contribution in [2.24, 2.45) is 0 Å². The number of rotatable bonds is 7. The summed E-state index contributed by atoms with van der Waals surface area (Å²) in [5.41, 5.74) is 4.57. The van der Waals surface area contributed by atoms with Gasteiger partial charge in [0.15, 0.2) is 0 Å². The summed E-state index contributed by atoms with van der Waals surface area (Å²) in [6.07, 6.45) is 3.34. The van der Waals surface area contributed by atoms with Gasteiger partial charge in [0, 0.05) is 18.4 Å². The molecule has 1 aromatic carbocycles. The van der Waals surface area contributed by atoms with Gasteiger partial charge in [-0.05, 0) is 36.3 Å². The minimum Gasteiger partial charge on any atom is -0.508 e. The van der Waals surface area contributed by atoms with Crippen LogP contribution in [0.1, 0.15) is 49.7 Å². The zero-order valence-electron chi connectivity index (χ0n) is 13.1. The molecule has 3 N–H and O–H groups in total.